The molecule has 0 unspecified atom stereocenters. The highest BCUT2D eigenvalue weighted by Gasteiger charge is 2.10. The molecule has 0 spiro atoms. The number of thiophene rings is 1. The average Bonchev–Trinajstić information content (AvgIpc) is 3.17. The van der Waals surface area contributed by atoms with Gasteiger partial charge in [-0.25, -0.2) is 5.43 Å². The number of hydrazone groups is 1. The molecular formula is C16H13BrN6S. The number of aromatic amines is 1. The number of aryl methyl sites for hydroxylation is 1. The van der Waals surface area contributed by atoms with Crippen LogP contribution < -0.4 is 5.43 Å². The van der Waals surface area contributed by atoms with E-state index in [0.717, 1.165) is 36.4 Å². The number of H-pyrrole nitrogens is 1. The summed E-state index contributed by atoms with van der Waals surface area (Å²) >= 11 is 5.07. The Morgan fingerprint density at radius 3 is 2.92 bits per heavy atom. The Hall–Kier alpha value is -2.32. The normalized spacial score (nSPS) is 12.2. The van der Waals surface area contributed by atoms with Crippen LogP contribution in [0.15, 0.2) is 39.2 Å². The van der Waals surface area contributed by atoms with Crippen molar-refractivity contribution in [2.75, 3.05) is 5.43 Å². The van der Waals surface area contributed by atoms with Gasteiger partial charge >= 0.3 is 0 Å². The van der Waals surface area contributed by atoms with Crippen LogP contribution in [0.2, 0.25) is 0 Å². The maximum atomic E-state index is 4.47. The Morgan fingerprint density at radius 2 is 2.12 bits per heavy atom. The standard InChI is InChI=1S/C16H13BrN6S/c1-8-4-3-5-10-13(8)18-15-14(10)21-23-16(19-15)22-20-9(2)11-6-7-12(17)24-11/h3-7H,1-2H3,(H2,18,19,22,23). The lowest BCUT2D eigenvalue weighted by Crippen LogP contribution is -2.02. The van der Waals surface area contributed by atoms with E-state index in [4.69, 9.17) is 0 Å². The van der Waals surface area contributed by atoms with Gasteiger partial charge < -0.3 is 4.98 Å². The summed E-state index contributed by atoms with van der Waals surface area (Å²) < 4.78 is 1.07. The number of aromatic nitrogens is 4. The fourth-order valence-corrected chi connectivity index (χ4v) is 3.82. The lowest BCUT2D eigenvalue weighted by Gasteiger charge is -1.99. The van der Waals surface area contributed by atoms with E-state index in [9.17, 15) is 0 Å². The van der Waals surface area contributed by atoms with Gasteiger partial charge in [-0.05, 0) is 47.5 Å². The van der Waals surface area contributed by atoms with Crippen molar-refractivity contribution in [2.45, 2.75) is 13.8 Å². The maximum Gasteiger partial charge on any atom is 0.265 e. The smallest absolute Gasteiger partial charge is 0.265 e. The molecule has 8 heteroatoms. The summed E-state index contributed by atoms with van der Waals surface area (Å²) in [5, 5.41) is 13.8. The van der Waals surface area contributed by atoms with Gasteiger partial charge in [-0.15, -0.1) is 21.5 Å². The van der Waals surface area contributed by atoms with E-state index >= 15 is 0 Å². The fourth-order valence-electron chi connectivity index (χ4n) is 2.49. The minimum absolute atomic E-state index is 0.363. The zero-order valence-corrected chi connectivity index (χ0v) is 15.4. The summed E-state index contributed by atoms with van der Waals surface area (Å²) in [7, 11) is 0. The van der Waals surface area contributed by atoms with Gasteiger partial charge in [0.15, 0.2) is 5.65 Å². The molecule has 0 amide bonds. The molecule has 3 aromatic heterocycles. The predicted molar refractivity (Wildman–Crippen MR) is 102 cm³/mol. The molecule has 24 heavy (non-hydrogen) atoms. The first-order chi connectivity index (χ1) is 11.6. The Labute approximate surface area is 150 Å². The number of hydrogen-bond acceptors (Lipinski definition) is 6. The lowest BCUT2D eigenvalue weighted by molar-refractivity contribution is 1.01. The summed E-state index contributed by atoms with van der Waals surface area (Å²) in [6.45, 7) is 3.99. The number of nitrogens with one attached hydrogen (secondary N) is 2. The van der Waals surface area contributed by atoms with Gasteiger partial charge in [0.1, 0.15) is 5.52 Å². The first-order valence-electron chi connectivity index (χ1n) is 7.29. The van der Waals surface area contributed by atoms with Crippen LogP contribution in [0.4, 0.5) is 5.95 Å². The Bertz CT molecular complexity index is 1080. The van der Waals surface area contributed by atoms with Crippen LogP contribution in [-0.2, 0) is 0 Å². The molecule has 0 aliphatic carbocycles. The van der Waals surface area contributed by atoms with Crippen LogP contribution in [0.5, 0.6) is 0 Å². The Kier molecular flexibility index (Phi) is 3.78. The Morgan fingerprint density at radius 1 is 1.25 bits per heavy atom. The van der Waals surface area contributed by atoms with Crippen LogP contribution in [-0.4, -0.2) is 25.9 Å². The zero-order valence-electron chi connectivity index (χ0n) is 13.0. The van der Waals surface area contributed by atoms with Gasteiger partial charge in [-0.1, -0.05) is 18.2 Å². The van der Waals surface area contributed by atoms with Gasteiger partial charge in [0, 0.05) is 5.39 Å². The number of anilines is 1. The van der Waals surface area contributed by atoms with Gasteiger partial charge in [0.25, 0.3) is 5.95 Å². The third-order valence-corrected chi connectivity index (χ3v) is 5.44. The largest absolute Gasteiger partial charge is 0.337 e. The van der Waals surface area contributed by atoms with E-state index in [1.54, 1.807) is 11.3 Å². The number of halogens is 1. The van der Waals surface area contributed by atoms with E-state index in [2.05, 4.69) is 59.6 Å². The van der Waals surface area contributed by atoms with Crippen molar-refractivity contribution in [2.24, 2.45) is 5.10 Å². The molecule has 6 nitrogen and oxygen atoms in total. The van der Waals surface area contributed by atoms with Crippen molar-refractivity contribution in [3.63, 3.8) is 0 Å². The van der Waals surface area contributed by atoms with Crippen molar-refractivity contribution in [3.05, 3.63) is 44.6 Å². The number of para-hydroxylation sites is 1. The van der Waals surface area contributed by atoms with E-state index in [-0.39, 0.29) is 0 Å². The highest BCUT2D eigenvalue weighted by Crippen LogP contribution is 2.25. The molecule has 120 valence electrons. The summed E-state index contributed by atoms with van der Waals surface area (Å²) in [5.41, 5.74) is 7.39. The molecule has 0 aliphatic rings. The average molecular weight is 401 g/mol. The molecule has 0 fully saturated rings. The first-order valence-corrected chi connectivity index (χ1v) is 8.90. The van der Waals surface area contributed by atoms with E-state index in [0.29, 0.717) is 11.6 Å². The van der Waals surface area contributed by atoms with Gasteiger partial charge in [-0.3, -0.25) is 0 Å². The quantitative estimate of drug-likeness (QED) is 0.392. The number of fused-ring (bicyclic) bond motifs is 3. The highest BCUT2D eigenvalue weighted by atomic mass is 79.9. The molecule has 0 saturated carbocycles. The molecule has 0 saturated heterocycles. The molecule has 3 heterocycles. The summed E-state index contributed by atoms with van der Waals surface area (Å²) in [6.07, 6.45) is 0. The van der Waals surface area contributed by atoms with Crippen molar-refractivity contribution in [3.8, 4) is 0 Å². The van der Waals surface area contributed by atoms with Gasteiger partial charge in [0.05, 0.1) is 19.9 Å². The third kappa shape index (κ3) is 2.67. The van der Waals surface area contributed by atoms with E-state index < -0.39 is 0 Å². The predicted octanol–water partition coefficient (Wildman–Crippen LogP) is 4.47. The summed E-state index contributed by atoms with van der Waals surface area (Å²) in [4.78, 5) is 8.85. The van der Waals surface area contributed by atoms with E-state index in [1.807, 2.05) is 31.2 Å². The monoisotopic (exact) mass is 400 g/mol. The molecule has 4 aromatic rings. The van der Waals surface area contributed by atoms with Crippen LogP contribution >= 0.6 is 27.3 Å². The molecule has 0 radical (unpaired) electrons. The number of nitrogens with zero attached hydrogens (tertiary/aromatic N) is 4. The summed E-state index contributed by atoms with van der Waals surface area (Å²) in [6, 6.07) is 10.1. The van der Waals surface area contributed by atoms with Crippen LogP contribution in [0.1, 0.15) is 17.4 Å². The second-order valence-electron chi connectivity index (χ2n) is 5.37. The molecule has 4 rings (SSSR count). The van der Waals surface area contributed by atoms with Crippen molar-refractivity contribution < 1.29 is 0 Å². The first kappa shape index (κ1) is 15.2. The van der Waals surface area contributed by atoms with Crippen molar-refractivity contribution >= 4 is 61.0 Å². The SMILES string of the molecule is CC(=NNc1nnc2c(n1)[nH]c1c(C)cccc12)c1ccc(Br)s1. The molecule has 1 aromatic carbocycles. The molecule has 0 aliphatic heterocycles. The topological polar surface area (TPSA) is 78.8 Å². The van der Waals surface area contributed by atoms with Crippen molar-refractivity contribution in [1.82, 2.24) is 20.2 Å². The fraction of sp³-hybridized carbons (Fsp3) is 0.125. The molecule has 0 bridgehead atoms. The minimum Gasteiger partial charge on any atom is -0.337 e. The number of benzene rings is 1. The second kappa shape index (κ2) is 5.95. The van der Waals surface area contributed by atoms with Gasteiger partial charge in [-0.2, -0.15) is 10.1 Å². The highest BCUT2D eigenvalue weighted by molar-refractivity contribution is 9.11. The molecule has 2 N–H and O–H groups in total. The zero-order chi connectivity index (χ0) is 16.7. The lowest BCUT2D eigenvalue weighted by atomic mass is 10.1. The minimum atomic E-state index is 0.363. The van der Waals surface area contributed by atoms with Crippen LogP contribution in [0, 0.1) is 6.92 Å². The molecule has 0 atom stereocenters. The second-order valence-corrected chi connectivity index (χ2v) is 7.83. The molecular weight excluding hydrogens is 388 g/mol. The third-order valence-electron chi connectivity index (χ3n) is 3.71. The van der Waals surface area contributed by atoms with Crippen LogP contribution in [0.25, 0.3) is 22.1 Å². The number of rotatable bonds is 3. The van der Waals surface area contributed by atoms with Crippen molar-refractivity contribution in [1.29, 1.82) is 0 Å². The van der Waals surface area contributed by atoms with Crippen LogP contribution in [0.3, 0.4) is 0 Å². The van der Waals surface area contributed by atoms with Gasteiger partial charge in [0.2, 0.25) is 0 Å². The number of hydrogen-bond donors (Lipinski definition) is 2. The summed E-state index contributed by atoms with van der Waals surface area (Å²) in [5.74, 6) is 0.363. The maximum absolute atomic E-state index is 4.47. The Balaban J connectivity index is 1.68. The van der Waals surface area contributed by atoms with E-state index in [1.165, 1.54) is 0 Å².